The van der Waals surface area contributed by atoms with E-state index >= 15 is 0 Å². The highest BCUT2D eigenvalue weighted by molar-refractivity contribution is 6.38. The molecule has 8 nitrogen and oxygen atoms in total. The van der Waals surface area contributed by atoms with Gasteiger partial charge in [-0.25, -0.2) is 22.4 Å². The number of hydrogen-bond acceptors (Lipinski definition) is 4. The first-order chi connectivity index (χ1) is 17.1. The van der Waals surface area contributed by atoms with E-state index in [2.05, 4.69) is 16.0 Å². The van der Waals surface area contributed by atoms with Crippen molar-refractivity contribution in [2.45, 2.75) is 63.3 Å². The number of urea groups is 1. The second kappa shape index (κ2) is 12.6. The zero-order valence-electron chi connectivity index (χ0n) is 20.8. The largest absolute Gasteiger partial charge is 0.353 e. The van der Waals surface area contributed by atoms with Crippen LogP contribution in [0.25, 0.3) is 0 Å². The molecule has 2 rings (SSSR count). The number of likely N-dealkylation sites (N-methyl/N-ethyl adjacent to an activating group) is 1. The molecular weight excluding hydrogens is 520 g/mol. The standard InChI is InChI=1S/C24H31ClF4N4O4/c1-23(26,27)9-8-18(19(34)21(36)30-2)31-20(35)16-12-15(25)4-5-17(16)32-22(37)33(3)13-14-6-10-24(28,29)11-7-14/h4-5,12,14,18H,6-11,13H2,1-3H3,(H,30,36)(H,31,35)(H,32,37)/t18-/m0/s1. The van der Waals surface area contributed by atoms with Crippen LogP contribution < -0.4 is 16.0 Å². The van der Waals surface area contributed by atoms with Crippen molar-refractivity contribution in [1.29, 1.82) is 0 Å². The fourth-order valence-electron chi connectivity index (χ4n) is 3.96. The zero-order valence-corrected chi connectivity index (χ0v) is 21.6. The van der Waals surface area contributed by atoms with Crippen molar-refractivity contribution in [3.8, 4) is 0 Å². The smallest absolute Gasteiger partial charge is 0.321 e. The van der Waals surface area contributed by atoms with Gasteiger partial charge in [0.2, 0.25) is 17.6 Å². The zero-order chi connectivity index (χ0) is 28.0. The quantitative estimate of drug-likeness (QED) is 0.295. The fraction of sp³-hybridized carbons (Fsp3) is 0.583. The van der Waals surface area contributed by atoms with Gasteiger partial charge in [-0.1, -0.05) is 11.6 Å². The van der Waals surface area contributed by atoms with Gasteiger partial charge in [0, 0.05) is 44.9 Å². The summed E-state index contributed by atoms with van der Waals surface area (Å²) >= 11 is 6.01. The summed E-state index contributed by atoms with van der Waals surface area (Å²) in [4.78, 5) is 51.3. The second-order valence-electron chi connectivity index (χ2n) is 9.38. The minimum absolute atomic E-state index is 0.0147. The van der Waals surface area contributed by atoms with Gasteiger partial charge in [0.25, 0.3) is 11.8 Å². The molecule has 13 heteroatoms. The lowest BCUT2D eigenvalue weighted by molar-refractivity contribution is -0.139. The molecule has 37 heavy (non-hydrogen) atoms. The van der Waals surface area contributed by atoms with Crippen LogP contribution in [0.3, 0.4) is 0 Å². The molecule has 0 spiro atoms. The molecule has 0 bridgehead atoms. The van der Waals surface area contributed by atoms with Gasteiger partial charge in [0.1, 0.15) is 0 Å². The van der Waals surface area contributed by atoms with E-state index < -0.39 is 54.4 Å². The summed E-state index contributed by atoms with van der Waals surface area (Å²) < 4.78 is 53.6. The molecule has 0 radical (unpaired) electrons. The highest BCUT2D eigenvalue weighted by Gasteiger charge is 2.36. The van der Waals surface area contributed by atoms with E-state index in [9.17, 15) is 36.7 Å². The molecule has 0 aromatic heterocycles. The molecule has 1 aromatic carbocycles. The Labute approximate surface area is 217 Å². The van der Waals surface area contributed by atoms with E-state index in [1.165, 1.54) is 37.2 Å². The van der Waals surface area contributed by atoms with Crippen LogP contribution in [0.1, 0.15) is 55.8 Å². The number of hydrogen-bond donors (Lipinski definition) is 3. The van der Waals surface area contributed by atoms with Crippen LogP contribution in [0.15, 0.2) is 18.2 Å². The van der Waals surface area contributed by atoms with Crippen molar-refractivity contribution in [2.75, 3.05) is 26.0 Å². The third kappa shape index (κ3) is 9.49. The van der Waals surface area contributed by atoms with Crippen LogP contribution in [0, 0.1) is 5.92 Å². The molecule has 1 fully saturated rings. The van der Waals surface area contributed by atoms with Crippen molar-refractivity contribution < 1.29 is 36.7 Å². The monoisotopic (exact) mass is 550 g/mol. The molecule has 4 amide bonds. The molecule has 1 atom stereocenters. The second-order valence-corrected chi connectivity index (χ2v) is 9.81. The van der Waals surface area contributed by atoms with E-state index in [4.69, 9.17) is 11.6 Å². The normalized spacial score (nSPS) is 16.4. The van der Waals surface area contributed by atoms with Gasteiger partial charge < -0.3 is 20.9 Å². The molecule has 206 valence electrons. The van der Waals surface area contributed by atoms with Crippen molar-refractivity contribution in [3.05, 3.63) is 28.8 Å². The third-order valence-electron chi connectivity index (χ3n) is 6.13. The van der Waals surface area contributed by atoms with E-state index in [-0.39, 0.29) is 54.4 Å². The molecule has 0 saturated heterocycles. The van der Waals surface area contributed by atoms with E-state index in [1.807, 2.05) is 0 Å². The highest BCUT2D eigenvalue weighted by Crippen LogP contribution is 2.36. The summed E-state index contributed by atoms with van der Waals surface area (Å²) in [6.07, 6.45) is -1.21. The van der Waals surface area contributed by atoms with Gasteiger partial charge in [0.15, 0.2) is 0 Å². The number of alkyl halides is 4. The Kier molecular flexibility index (Phi) is 10.3. The van der Waals surface area contributed by atoms with Crippen LogP contribution in [-0.4, -0.2) is 67.1 Å². The van der Waals surface area contributed by atoms with Crippen molar-refractivity contribution >= 4 is 40.9 Å². The van der Waals surface area contributed by atoms with Crippen LogP contribution in [-0.2, 0) is 9.59 Å². The van der Waals surface area contributed by atoms with Crippen LogP contribution in [0.5, 0.6) is 0 Å². The maximum atomic E-state index is 13.4. The Morgan fingerprint density at radius 3 is 2.38 bits per heavy atom. The van der Waals surface area contributed by atoms with Gasteiger partial charge in [-0.3, -0.25) is 14.4 Å². The lowest BCUT2D eigenvalue weighted by atomic mass is 9.86. The minimum atomic E-state index is -3.14. The maximum Gasteiger partial charge on any atom is 0.321 e. The SMILES string of the molecule is CNC(=O)C(=O)[C@H](CCC(C)(F)F)NC(=O)c1cc(Cl)ccc1NC(=O)N(C)CC1CCC(F)(F)CC1. The van der Waals surface area contributed by atoms with Gasteiger partial charge in [-0.2, -0.15) is 0 Å². The third-order valence-corrected chi connectivity index (χ3v) is 6.36. The van der Waals surface area contributed by atoms with Crippen LogP contribution >= 0.6 is 11.6 Å². The summed E-state index contributed by atoms with van der Waals surface area (Å²) in [5.74, 6) is -9.02. The summed E-state index contributed by atoms with van der Waals surface area (Å²) in [6.45, 7) is 0.876. The minimum Gasteiger partial charge on any atom is -0.353 e. The number of halogens is 5. The number of nitrogens with one attached hydrogen (secondary N) is 3. The van der Waals surface area contributed by atoms with Gasteiger partial charge in [-0.15, -0.1) is 0 Å². The Hall–Kier alpha value is -2.89. The Bertz CT molecular complexity index is 1010. The van der Waals surface area contributed by atoms with E-state index in [1.54, 1.807) is 0 Å². The number of anilines is 1. The Morgan fingerprint density at radius 1 is 1.19 bits per heavy atom. The van der Waals surface area contributed by atoms with Crippen LogP contribution in [0.2, 0.25) is 5.02 Å². The number of benzene rings is 1. The lowest BCUT2D eigenvalue weighted by Gasteiger charge is -2.31. The molecule has 3 N–H and O–H groups in total. The van der Waals surface area contributed by atoms with Crippen LogP contribution in [0.4, 0.5) is 28.0 Å². The molecular formula is C24H31ClF4N4O4. The molecule has 1 aliphatic carbocycles. The number of amides is 4. The molecule has 0 heterocycles. The van der Waals surface area contributed by atoms with Crippen molar-refractivity contribution in [2.24, 2.45) is 5.92 Å². The first-order valence-corrected chi connectivity index (χ1v) is 12.1. The summed E-state index contributed by atoms with van der Waals surface area (Å²) in [6, 6.07) is 1.80. The van der Waals surface area contributed by atoms with Gasteiger partial charge in [0.05, 0.1) is 17.3 Å². The molecule has 1 aliphatic rings. The molecule has 0 aliphatic heterocycles. The summed E-state index contributed by atoms with van der Waals surface area (Å²) in [5.41, 5.74) is -0.148. The number of nitrogens with zero attached hydrogens (tertiary/aromatic N) is 1. The number of carbonyl (C=O) groups excluding carboxylic acids is 4. The lowest BCUT2D eigenvalue weighted by Crippen LogP contribution is -2.47. The number of carbonyl (C=O) groups is 4. The summed E-state index contributed by atoms with van der Waals surface area (Å²) in [7, 11) is 2.67. The number of ketones is 1. The molecule has 1 aromatic rings. The topological polar surface area (TPSA) is 108 Å². The molecule has 0 unspecified atom stereocenters. The molecule has 1 saturated carbocycles. The average Bonchev–Trinajstić information content (AvgIpc) is 2.82. The van der Waals surface area contributed by atoms with E-state index in [0.29, 0.717) is 6.92 Å². The number of Topliss-reactive ketones (excluding diaryl/α,β-unsaturated/α-hetero) is 1. The average molecular weight is 551 g/mol. The Morgan fingerprint density at radius 2 is 1.81 bits per heavy atom. The maximum absolute atomic E-state index is 13.4. The van der Waals surface area contributed by atoms with Crippen molar-refractivity contribution in [1.82, 2.24) is 15.5 Å². The van der Waals surface area contributed by atoms with Gasteiger partial charge in [-0.05, 0) is 50.3 Å². The van der Waals surface area contributed by atoms with Gasteiger partial charge >= 0.3 is 6.03 Å². The van der Waals surface area contributed by atoms with E-state index in [0.717, 1.165) is 0 Å². The fourth-order valence-corrected chi connectivity index (χ4v) is 4.13. The number of rotatable bonds is 10. The predicted octanol–water partition coefficient (Wildman–Crippen LogP) is 4.48. The highest BCUT2D eigenvalue weighted by atomic mass is 35.5. The Balaban J connectivity index is 2.15. The first kappa shape index (κ1) is 30.3. The summed E-state index contributed by atoms with van der Waals surface area (Å²) in [5, 5.41) is 7.06. The predicted molar refractivity (Wildman–Crippen MR) is 130 cm³/mol. The first-order valence-electron chi connectivity index (χ1n) is 11.8. The van der Waals surface area contributed by atoms with Crippen molar-refractivity contribution in [3.63, 3.8) is 0 Å².